The van der Waals surface area contributed by atoms with E-state index in [2.05, 4.69) is 28.1 Å². The van der Waals surface area contributed by atoms with Crippen molar-refractivity contribution in [2.75, 3.05) is 19.8 Å². The molecule has 2 aromatic rings. The van der Waals surface area contributed by atoms with Crippen molar-refractivity contribution in [3.63, 3.8) is 0 Å². The Labute approximate surface area is 283 Å². The van der Waals surface area contributed by atoms with Crippen LogP contribution in [0.4, 0.5) is 4.79 Å². The molecular weight excluding hydrogens is 610 g/mol. The van der Waals surface area contributed by atoms with Gasteiger partial charge in [-0.15, -0.1) is 0 Å². The van der Waals surface area contributed by atoms with Crippen molar-refractivity contribution < 1.29 is 33.8 Å². The number of benzene rings is 2. The molecule has 1 saturated carbocycles. The van der Waals surface area contributed by atoms with Crippen molar-refractivity contribution in [1.82, 2.24) is 16.0 Å². The molecule has 3 amide bonds. The minimum atomic E-state index is -0.954. The maximum absolute atomic E-state index is 13.5. The van der Waals surface area contributed by atoms with Crippen LogP contribution in [0.1, 0.15) is 89.2 Å². The Hall–Kier alpha value is -4.18. The SMILES string of the molecule is CC(C)(C)[C@H]1COC(=O)[C@@H](NC(=O)OCC2c3ccccc3-c3ccccc32)CCC=CC[C@H](CC(=O)NC2(CO)CCCC2)C(=O)N1. The number of ether oxygens (including phenoxy) is 2. The average Bonchev–Trinajstić information content (AvgIpc) is 3.66. The van der Waals surface area contributed by atoms with Crippen LogP contribution in [0.5, 0.6) is 0 Å². The Bertz CT molecular complexity index is 1460. The molecule has 10 heteroatoms. The second kappa shape index (κ2) is 15.4. The summed E-state index contributed by atoms with van der Waals surface area (Å²) in [6.45, 7) is 5.69. The van der Waals surface area contributed by atoms with Gasteiger partial charge in [0.05, 0.1) is 24.1 Å². The summed E-state index contributed by atoms with van der Waals surface area (Å²) in [5.41, 5.74) is 3.34. The Balaban J connectivity index is 1.24. The first kappa shape index (κ1) is 35.1. The van der Waals surface area contributed by atoms with Gasteiger partial charge >= 0.3 is 12.1 Å². The average molecular weight is 660 g/mol. The van der Waals surface area contributed by atoms with E-state index in [4.69, 9.17) is 9.47 Å². The molecule has 0 aromatic heterocycles. The highest BCUT2D eigenvalue weighted by Gasteiger charge is 2.37. The maximum atomic E-state index is 13.5. The van der Waals surface area contributed by atoms with Crippen molar-refractivity contribution in [3.05, 3.63) is 71.8 Å². The monoisotopic (exact) mass is 659 g/mol. The number of nitrogens with one attached hydrogen (secondary N) is 3. The van der Waals surface area contributed by atoms with Gasteiger partial charge in [-0.3, -0.25) is 9.59 Å². The molecular formula is C38H49N3O7. The minimum absolute atomic E-state index is 0.0272. The van der Waals surface area contributed by atoms with Gasteiger partial charge < -0.3 is 30.5 Å². The molecule has 10 nitrogen and oxygen atoms in total. The van der Waals surface area contributed by atoms with Crippen molar-refractivity contribution in [2.45, 2.75) is 95.7 Å². The predicted molar refractivity (Wildman–Crippen MR) is 182 cm³/mol. The van der Waals surface area contributed by atoms with Crippen LogP contribution in [-0.2, 0) is 23.9 Å². The van der Waals surface area contributed by atoms with Crippen LogP contribution in [0.3, 0.4) is 0 Å². The van der Waals surface area contributed by atoms with E-state index in [1.54, 1.807) is 0 Å². The van der Waals surface area contributed by atoms with Gasteiger partial charge in [-0.05, 0) is 59.8 Å². The normalized spacial score (nSPS) is 23.0. The van der Waals surface area contributed by atoms with E-state index in [0.717, 1.165) is 35.1 Å². The third-order valence-electron chi connectivity index (χ3n) is 9.95. The first-order chi connectivity index (χ1) is 23.0. The number of carbonyl (C=O) groups is 4. The topological polar surface area (TPSA) is 143 Å². The molecule has 3 aliphatic rings. The van der Waals surface area contributed by atoms with E-state index in [9.17, 15) is 24.3 Å². The molecule has 2 aromatic carbocycles. The van der Waals surface area contributed by atoms with Gasteiger partial charge in [-0.2, -0.15) is 0 Å². The summed E-state index contributed by atoms with van der Waals surface area (Å²) in [7, 11) is 0. The number of aliphatic hydroxyl groups is 1. The number of amides is 3. The lowest BCUT2D eigenvalue weighted by Gasteiger charge is -2.33. The summed E-state index contributed by atoms with van der Waals surface area (Å²) in [5, 5.41) is 18.7. The number of alkyl carbamates (subject to hydrolysis) is 1. The van der Waals surface area contributed by atoms with Crippen LogP contribution >= 0.6 is 0 Å². The van der Waals surface area contributed by atoms with Crippen molar-refractivity contribution >= 4 is 23.9 Å². The maximum Gasteiger partial charge on any atom is 0.407 e. The van der Waals surface area contributed by atoms with E-state index in [1.165, 1.54) is 0 Å². The zero-order valence-corrected chi connectivity index (χ0v) is 28.3. The molecule has 5 rings (SSSR count). The fourth-order valence-corrected chi connectivity index (χ4v) is 6.96. The fraction of sp³-hybridized carbons (Fsp3) is 0.526. The molecule has 0 radical (unpaired) electrons. The lowest BCUT2D eigenvalue weighted by molar-refractivity contribution is -0.148. The van der Waals surface area contributed by atoms with Gasteiger partial charge in [0.1, 0.15) is 19.3 Å². The second-order valence-corrected chi connectivity index (χ2v) is 14.5. The van der Waals surface area contributed by atoms with Gasteiger partial charge in [0.25, 0.3) is 0 Å². The largest absolute Gasteiger partial charge is 0.462 e. The zero-order valence-electron chi connectivity index (χ0n) is 28.3. The molecule has 3 atom stereocenters. The molecule has 1 heterocycles. The second-order valence-electron chi connectivity index (χ2n) is 14.5. The predicted octanol–water partition coefficient (Wildman–Crippen LogP) is 5.14. The summed E-state index contributed by atoms with van der Waals surface area (Å²) in [6, 6.07) is 14.7. The highest BCUT2D eigenvalue weighted by atomic mass is 16.6. The molecule has 0 spiro atoms. The van der Waals surface area contributed by atoms with Crippen molar-refractivity contribution in [1.29, 1.82) is 0 Å². The Morgan fingerprint density at radius 3 is 2.27 bits per heavy atom. The Kier molecular flexibility index (Phi) is 11.2. The molecule has 2 aliphatic carbocycles. The van der Waals surface area contributed by atoms with Crippen LogP contribution in [-0.4, -0.2) is 66.4 Å². The number of hydrogen-bond acceptors (Lipinski definition) is 7. The van der Waals surface area contributed by atoms with Gasteiger partial charge in [-0.1, -0.05) is 94.3 Å². The molecule has 1 fully saturated rings. The van der Waals surface area contributed by atoms with E-state index < -0.39 is 41.0 Å². The third-order valence-corrected chi connectivity index (χ3v) is 9.95. The van der Waals surface area contributed by atoms with Crippen LogP contribution in [0, 0.1) is 11.3 Å². The smallest absolute Gasteiger partial charge is 0.407 e. The number of cyclic esters (lactones) is 1. The van der Waals surface area contributed by atoms with Crippen LogP contribution < -0.4 is 16.0 Å². The van der Waals surface area contributed by atoms with Gasteiger partial charge in [0.2, 0.25) is 11.8 Å². The zero-order chi connectivity index (χ0) is 34.3. The molecule has 48 heavy (non-hydrogen) atoms. The minimum Gasteiger partial charge on any atom is -0.462 e. The highest BCUT2D eigenvalue weighted by molar-refractivity contribution is 5.87. The first-order valence-corrected chi connectivity index (χ1v) is 17.1. The van der Waals surface area contributed by atoms with Crippen LogP contribution in [0.15, 0.2) is 60.7 Å². The van der Waals surface area contributed by atoms with Gasteiger partial charge in [0.15, 0.2) is 0 Å². The fourth-order valence-electron chi connectivity index (χ4n) is 6.96. The quantitative estimate of drug-likeness (QED) is 0.238. The summed E-state index contributed by atoms with van der Waals surface area (Å²) >= 11 is 0. The number of fused-ring (bicyclic) bond motifs is 3. The molecule has 4 N–H and O–H groups in total. The van der Waals surface area contributed by atoms with E-state index >= 15 is 0 Å². The lowest BCUT2D eigenvalue weighted by Crippen LogP contribution is -2.52. The van der Waals surface area contributed by atoms with E-state index in [-0.39, 0.29) is 50.4 Å². The lowest BCUT2D eigenvalue weighted by atomic mass is 9.86. The van der Waals surface area contributed by atoms with E-state index in [0.29, 0.717) is 25.7 Å². The standard InChI is InChI=1S/C38H49N3O7/c1-37(2,3)32-23-47-35(45)31(39-36(46)48-22-30-28-16-9-7-14-26(28)27-15-8-10-17-29(27)30)18-6-4-5-13-25(34(44)40-32)21-33(43)41-38(24-42)19-11-12-20-38/h4-5,7-10,14-17,25,30-32,42H,6,11-13,18-24H2,1-3H3,(H,39,46)(H,40,44)(H,41,43)/t25-,31+,32-/m1/s1. The van der Waals surface area contributed by atoms with Gasteiger partial charge in [0, 0.05) is 12.3 Å². The number of aliphatic hydroxyl groups excluding tert-OH is 1. The first-order valence-electron chi connectivity index (χ1n) is 17.1. The molecule has 258 valence electrons. The number of rotatable bonds is 7. The van der Waals surface area contributed by atoms with Crippen molar-refractivity contribution in [3.8, 4) is 11.1 Å². The van der Waals surface area contributed by atoms with Gasteiger partial charge in [-0.25, -0.2) is 9.59 Å². The van der Waals surface area contributed by atoms with Crippen molar-refractivity contribution in [2.24, 2.45) is 11.3 Å². The Morgan fingerprint density at radius 1 is 1.00 bits per heavy atom. The van der Waals surface area contributed by atoms with E-state index in [1.807, 2.05) is 69.3 Å². The third kappa shape index (κ3) is 8.45. The summed E-state index contributed by atoms with van der Waals surface area (Å²) < 4.78 is 11.4. The van der Waals surface area contributed by atoms with Crippen LogP contribution in [0.2, 0.25) is 0 Å². The summed E-state index contributed by atoms with van der Waals surface area (Å²) in [5.74, 6) is -1.94. The molecule has 0 saturated heterocycles. The summed E-state index contributed by atoms with van der Waals surface area (Å²) in [4.78, 5) is 53.0. The molecule has 1 aliphatic heterocycles. The number of allylic oxidation sites excluding steroid dienone is 2. The van der Waals surface area contributed by atoms with Crippen LogP contribution in [0.25, 0.3) is 11.1 Å². The number of hydrogen-bond donors (Lipinski definition) is 4. The number of esters is 1. The molecule has 0 bridgehead atoms. The highest BCUT2D eigenvalue weighted by Crippen LogP contribution is 2.44. The molecule has 0 unspecified atom stereocenters. The summed E-state index contributed by atoms with van der Waals surface area (Å²) in [6.07, 6.45) is 7.30. The number of carbonyl (C=O) groups excluding carboxylic acids is 4. The Morgan fingerprint density at radius 2 is 1.65 bits per heavy atom.